The number of hydrogen-bond donors (Lipinski definition) is 0. The van der Waals surface area contributed by atoms with Crippen molar-refractivity contribution < 1.29 is 4.74 Å². The first-order chi connectivity index (χ1) is 13.9. The van der Waals surface area contributed by atoms with E-state index >= 15 is 0 Å². The molecule has 0 N–H and O–H groups in total. The highest BCUT2D eigenvalue weighted by Crippen LogP contribution is 2.23. The number of piperazine rings is 1. The van der Waals surface area contributed by atoms with Crippen LogP contribution in [0.5, 0.6) is 0 Å². The van der Waals surface area contributed by atoms with Crippen LogP contribution in [0.15, 0.2) is 41.9 Å². The average molecular weight is 397 g/mol. The fourth-order valence-corrected chi connectivity index (χ4v) is 4.46. The fraction of sp³-hybridized carbons (Fsp3) is 0.500. The van der Waals surface area contributed by atoms with Crippen molar-refractivity contribution in [1.29, 1.82) is 0 Å². The molecule has 28 heavy (non-hydrogen) atoms. The van der Waals surface area contributed by atoms with E-state index in [0.717, 1.165) is 63.8 Å². The number of piperidine rings is 1. The summed E-state index contributed by atoms with van der Waals surface area (Å²) in [4.78, 5) is 11.6. The number of aromatic nitrogens is 1. The summed E-state index contributed by atoms with van der Waals surface area (Å²) in [6, 6.07) is 10.7. The topological polar surface area (TPSA) is 31.8 Å². The van der Waals surface area contributed by atoms with Crippen LogP contribution < -0.4 is 9.80 Å². The van der Waals surface area contributed by atoms with Gasteiger partial charge in [-0.05, 0) is 25.0 Å². The first-order valence-corrected chi connectivity index (χ1v) is 11.0. The Morgan fingerprint density at radius 1 is 0.964 bits per heavy atom. The first kappa shape index (κ1) is 19.3. The summed E-state index contributed by atoms with van der Waals surface area (Å²) in [5.41, 5.74) is 1.32. The Morgan fingerprint density at radius 3 is 2.46 bits per heavy atom. The zero-order valence-electron chi connectivity index (χ0n) is 16.3. The highest BCUT2D eigenvalue weighted by Gasteiger charge is 2.21. The summed E-state index contributed by atoms with van der Waals surface area (Å²) >= 11 is 1.71. The van der Waals surface area contributed by atoms with E-state index < -0.39 is 0 Å². The number of nitrogens with zero attached hydrogens (tertiary/aromatic N) is 4. The van der Waals surface area contributed by atoms with Gasteiger partial charge in [0.15, 0.2) is 5.13 Å². The van der Waals surface area contributed by atoms with Crippen LogP contribution in [0.4, 0.5) is 10.8 Å². The molecular weight excluding hydrogens is 368 g/mol. The van der Waals surface area contributed by atoms with E-state index in [1.807, 2.05) is 11.6 Å². The molecule has 0 amide bonds. The molecule has 0 radical (unpaired) electrons. The van der Waals surface area contributed by atoms with Crippen molar-refractivity contribution in [2.75, 3.05) is 62.2 Å². The molecule has 0 spiro atoms. The maximum Gasteiger partial charge on any atom is 0.185 e. The van der Waals surface area contributed by atoms with E-state index in [4.69, 9.17) is 4.74 Å². The number of para-hydroxylation sites is 1. The maximum atomic E-state index is 5.97. The lowest BCUT2D eigenvalue weighted by Crippen LogP contribution is -2.46. The molecule has 2 saturated heterocycles. The average Bonchev–Trinajstić information content (AvgIpc) is 3.30. The monoisotopic (exact) mass is 396 g/mol. The molecule has 1 aromatic carbocycles. The van der Waals surface area contributed by atoms with Gasteiger partial charge in [-0.15, -0.1) is 11.3 Å². The van der Waals surface area contributed by atoms with E-state index in [2.05, 4.69) is 61.9 Å². The highest BCUT2D eigenvalue weighted by molar-refractivity contribution is 7.13. The molecule has 2 aliphatic heterocycles. The Labute approximate surface area is 171 Å². The summed E-state index contributed by atoms with van der Waals surface area (Å²) in [7, 11) is 0. The van der Waals surface area contributed by atoms with Crippen LogP contribution in [0, 0.1) is 11.8 Å². The zero-order chi connectivity index (χ0) is 19.0. The van der Waals surface area contributed by atoms with Crippen molar-refractivity contribution in [2.24, 2.45) is 0 Å². The van der Waals surface area contributed by atoms with Gasteiger partial charge >= 0.3 is 0 Å². The van der Waals surface area contributed by atoms with Crippen molar-refractivity contribution in [3.63, 3.8) is 0 Å². The number of rotatable bonds is 5. The van der Waals surface area contributed by atoms with Gasteiger partial charge in [-0.3, -0.25) is 4.90 Å². The number of thiazole rings is 1. The van der Waals surface area contributed by atoms with Crippen molar-refractivity contribution in [1.82, 2.24) is 9.88 Å². The third kappa shape index (κ3) is 5.26. The van der Waals surface area contributed by atoms with Crippen molar-refractivity contribution in [2.45, 2.75) is 18.9 Å². The van der Waals surface area contributed by atoms with Gasteiger partial charge in [-0.25, -0.2) is 4.98 Å². The third-order valence-corrected chi connectivity index (χ3v) is 6.28. The number of benzene rings is 1. The third-order valence-electron chi connectivity index (χ3n) is 5.44. The molecule has 0 atom stereocenters. The summed E-state index contributed by atoms with van der Waals surface area (Å²) in [5.74, 6) is 6.50. The normalized spacial score (nSPS) is 18.7. The zero-order valence-corrected chi connectivity index (χ0v) is 17.1. The Morgan fingerprint density at radius 2 is 1.75 bits per heavy atom. The van der Waals surface area contributed by atoms with Gasteiger partial charge in [0.1, 0.15) is 6.61 Å². The standard InChI is InChI=1S/C22H28N4OS/c1-2-6-20(7-3-1)25-16-14-24(15-17-25)11-4-5-18-27-21-8-12-26(13-9-21)22-23-10-19-28-22/h1-3,6-7,10,19,21H,8-9,11-18H2. The van der Waals surface area contributed by atoms with Crippen molar-refractivity contribution in [3.05, 3.63) is 41.9 Å². The van der Waals surface area contributed by atoms with E-state index in [1.54, 1.807) is 11.3 Å². The summed E-state index contributed by atoms with van der Waals surface area (Å²) in [5, 5.41) is 3.17. The van der Waals surface area contributed by atoms with Gasteiger partial charge in [-0.1, -0.05) is 30.0 Å². The minimum atomic E-state index is 0.333. The summed E-state index contributed by atoms with van der Waals surface area (Å²) in [6.07, 6.45) is 4.32. The molecule has 0 saturated carbocycles. The molecule has 5 nitrogen and oxygen atoms in total. The molecule has 2 aliphatic rings. The minimum absolute atomic E-state index is 0.333. The Bertz CT molecular complexity index is 755. The van der Waals surface area contributed by atoms with Crippen LogP contribution in [-0.4, -0.2) is 68.4 Å². The number of ether oxygens (including phenoxy) is 1. The van der Waals surface area contributed by atoms with Gasteiger partial charge in [0.25, 0.3) is 0 Å². The lowest BCUT2D eigenvalue weighted by atomic mass is 10.1. The molecule has 4 rings (SSSR count). The summed E-state index contributed by atoms with van der Waals surface area (Å²) in [6.45, 7) is 7.72. The van der Waals surface area contributed by atoms with Crippen molar-refractivity contribution >= 4 is 22.2 Å². The largest absolute Gasteiger partial charge is 0.369 e. The molecule has 0 aliphatic carbocycles. The van der Waals surface area contributed by atoms with Gasteiger partial charge in [0.05, 0.1) is 12.6 Å². The van der Waals surface area contributed by atoms with Gasteiger partial charge in [0.2, 0.25) is 0 Å². The molecule has 0 bridgehead atoms. The van der Waals surface area contributed by atoms with Crippen molar-refractivity contribution in [3.8, 4) is 11.8 Å². The fourth-order valence-electron chi connectivity index (χ4n) is 3.77. The quantitative estimate of drug-likeness (QED) is 0.726. The molecule has 148 valence electrons. The predicted octanol–water partition coefficient (Wildman–Crippen LogP) is 2.95. The number of anilines is 2. The predicted molar refractivity (Wildman–Crippen MR) is 116 cm³/mol. The van der Waals surface area contributed by atoms with E-state index in [0.29, 0.717) is 12.7 Å². The second-order valence-electron chi connectivity index (χ2n) is 7.26. The molecule has 6 heteroatoms. The molecule has 3 heterocycles. The molecule has 1 aromatic heterocycles. The van der Waals surface area contributed by atoms with Crippen LogP contribution in [0.2, 0.25) is 0 Å². The lowest BCUT2D eigenvalue weighted by molar-refractivity contribution is 0.0594. The van der Waals surface area contributed by atoms with Gasteiger partial charge < -0.3 is 14.5 Å². The summed E-state index contributed by atoms with van der Waals surface area (Å²) < 4.78 is 5.97. The minimum Gasteiger partial charge on any atom is -0.369 e. The molecule has 0 unspecified atom stereocenters. The molecule has 2 aromatic rings. The van der Waals surface area contributed by atoms with Crippen LogP contribution in [0.1, 0.15) is 12.8 Å². The van der Waals surface area contributed by atoms with Gasteiger partial charge in [-0.2, -0.15) is 0 Å². The maximum absolute atomic E-state index is 5.97. The number of hydrogen-bond acceptors (Lipinski definition) is 6. The van der Waals surface area contributed by atoms with E-state index in [1.165, 1.54) is 5.69 Å². The van der Waals surface area contributed by atoms with Gasteiger partial charge in [0, 0.05) is 56.5 Å². The molecule has 2 fully saturated rings. The van der Waals surface area contributed by atoms with Crippen LogP contribution in [0.3, 0.4) is 0 Å². The molecular formula is C22H28N4OS. The van der Waals surface area contributed by atoms with Crippen LogP contribution in [0.25, 0.3) is 0 Å². The van der Waals surface area contributed by atoms with E-state index in [-0.39, 0.29) is 0 Å². The van der Waals surface area contributed by atoms with Crippen LogP contribution in [-0.2, 0) is 4.74 Å². The highest BCUT2D eigenvalue weighted by atomic mass is 32.1. The lowest BCUT2D eigenvalue weighted by Gasteiger charge is -2.35. The first-order valence-electron chi connectivity index (χ1n) is 10.1. The Hall–Kier alpha value is -2.07. The van der Waals surface area contributed by atoms with E-state index in [9.17, 15) is 0 Å². The SMILES string of the molecule is C(#CCN1CCN(c2ccccc2)CC1)COC1CCN(c2nccs2)CC1. The second-order valence-corrected chi connectivity index (χ2v) is 8.14. The Kier molecular flexibility index (Phi) is 6.82. The van der Waals surface area contributed by atoms with Crippen LogP contribution >= 0.6 is 11.3 Å². The second kappa shape index (κ2) is 9.92. The Balaban J connectivity index is 1.10. The smallest absolute Gasteiger partial charge is 0.185 e.